The van der Waals surface area contributed by atoms with E-state index >= 15 is 0 Å². The first-order valence-corrected chi connectivity index (χ1v) is 11.5. The lowest BCUT2D eigenvalue weighted by Crippen LogP contribution is -2.21. The van der Waals surface area contributed by atoms with Crippen LogP contribution in [0.2, 0.25) is 0 Å². The van der Waals surface area contributed by atoms with Crippen molar-refractivity contribution < 1.29 is 9.59 Å². The number of thiophene rings is 1. The van der Waals surface area contributed by atoms with Crippen LogP contribution in [0.5, 0.6) is 0 Å². The van der Waals surface area contributed by atoms with E-state index in [4.69, 9.17) is 0 Å². The first-order valence-electron chi connectivity index (χ1n) is 10.7. The molecule has 0 aromatic carbocycles. The van der Waals surface area contributed by atoms with Gasteiger partial charge in [0.2, 0.25) is 0 Å². The van der Waals surface area contributed by atoms with Crippen molar-refractivity contribution in [2.75, 3.05) is 0 Å². The summed E-state index contributed by atoms with van der Waals surface area (Å²) in [6.45, 7) is 16.2. The van der Waals surface area contributed by atoms with Gasteiger partial charge in [0.15, 0.2) is 11.6 Å². The van der Waals surface area contributed by atoms with E-state index in [-0.39, 0.29) is 22.4 Å². The molecule has 0 saturated heterocycles. The SMILES string of the molecule is CC1=C/C(=C/c2ccc(/C=C3/C=C(C)C(=O)C(C(C)(C)C)=C3)s2)C=C(C(C)(C)C)C1=O. The van der Waals surface area contributed by atoms with Crippen molar-refractivity contribution in [1.82, 2.24) is 0 Å². The maximum Gasteiger partial charge on any atom is 0.185 e. The van der Waals surface area contributed by atoms with Crippen LogP contribution in [0.1, 0.15) is 65.1 Å². The molecule has 3 heteroatoms. The zero-order chi connectivity index (χ0) is 23.1. The lowest BCUT2D eigenvalue weighted by atomic mass is 9.78. The molecule has 1 heterocycles. The maximum atomic E-state index is 12.5. The van der Waals surface area contributed by atoms with Crippen LogP contribution < -0.4 is 0 Å². The third-order valence-corrected chi connectivity index (χ3v) is 6.45. The normalized spacial score (nSPS) is 20.6. The van der Waals surface area contributed by atoms with Gasteiger partial charge in [0.1, 0.15) is 0 Å². The molecule has 1 aromatic heterocycles. The van der Waals surface area contributed by atoms with Gasteiger partial charge in [-0.2, -0.15) is 0 Å². The van der Waals surface area contributed by atoms with Gasteiger partial charge in [-0.05, 0) is 95.6 Å². The molecule has 0 fully saturated rings. The summed E-state index contributed by atoms with van der Waals surface area (Å²) < 4.78 is 0. The standard InChI is InChI=1S/C28H32O2S/c1-17-11-19(15-23(25(17)29)27(3,4)5)13-21-9-10-22(31-21)14-20-12-18(2)26(30)24(16-20)28(6,7)8/h9-16H,1-8H3/b19-13-,20-14-. The van der Waals surface area contributed by atoms with Gasteiger partial charge in [-0.15, -0.1) is 11.3 Å². The minimum atomic E-state index is -0.184. The molecule has 0 aliphatic heterocycles. The Morgan fingerprint density at radius 2 is 1.00 bits per heavy atom. The lowest BCUT2D eigenvalue weighted by molar-refractivity contribution is -0.113. The molecule has 0 bridgehead atoms. The fourth-order valence-electron chi connectivity index (χ4n) is 3.74. The Morgan fingerprint density at radius 3 is 1.32 bits per heavy atom. The van der Waals surface area contributed by atoms with Crippen molar-refractivity contribution in [3.05, 3.63) is 79.6 Å². The third kappa shape index (κ3) is 5.22. The molecular formula is C28H32O2S. The number of hydrogen-bond donors (Lipinski definition) is 0. The predicted molar refractivity (Wildman–Crippen MR) is 133 cm³/mol. The second kappa shape index (κ2) is 8.20. The van der Waals surface area contributed by atoms with E-state index in [0.717, 1.165) is 43.2 Å². The van der Waals surface area contributed by atoms with Gasteiger partial charge in [0, 0.05) is 20.9 Å². The average Bonchev–Trinajstić information content (AvgIpc) is 3.05. The second-order valence-electron chi connectivity index (χ2n) is 10.5. The summed E-state index contributed by atoms with van der Waals surface area (Å²) in [7, 11) is 0. The summed E-state index contributed by atoms with van der Waals surface area (Å²) in [6, 6.07) is 4.21. The highest BCUT2D eigenvalue weighted by atomic mass is 32.1. The number of carbonyl (C=O) groups is 2. The van der Waals surface area contributed by atoms with E-state index in [1.165, 1.54) is 0 Å². The van der Waals surface area contributed by atoms with Crippen molar-refractivity contribution in [2.24, 2.45) is 10.8 Å². The molecule has 162 valence electrons. The molecule has 0 amide bonds. The Bertz CT molecular complexity index is 1040. The first-order chi connectivity index (χ1) is 14.3. The van der Waals surface area contributed by atoms with Crippen LogP contribution in [-0.4, -0.2) is 11.6 Å². The van der Waals surface area contributed by atoms with Gasteiger partial charge >= 0.3 is 0 Å². The molecule has 0 atom stereocenters. The second-order valence-corrected chi connectivity index (χ2v) is 11.6. The quantitative estimate of drug-likeness (QED) is 0.484. The monoisotopic (exact) mass is 432 g/mol. The van der Waals surface area contributed by atoms with Gasteiger partial charge in [-0.1, -0.05) is 41.5 Å². The lowest BCUT2D eigenvalue weighted by Gasteiger charge is -2.25. The number of allylic oxidation sites excluding steroid dienone is 10. The molecule has 2 aliphatic rings. The Hall–Kier alpha value is -2.52. The molecule has 2 aliphatic carbocycles. The van der Waals surface area contributed by atoms with Crippen molar-refractivity contribution in [1.29, 1.82) is 0 Å². The third-order valence-electron chi connectivity index (χ3n) is 5.48. The van der Waals surface area contributed by atoms with Crippen LogP contribution in [-0.2, 0) is 9.59 Å². The number of ketones is 2. The fraction of sp³-hybridized carbons (Fsp3) is 0.357. The smallest absolute Gasteiger partial charge is 0.185 e. The van der Waals surface area contributed by atoms with E-state index in [0.29, 0.717) is 0 Å². The van der Waals surface area contributed by atoms with Crippen LogP contribution in [0.25, 0.3) is 12.2 Å². The van der Waals surface area contributed by atoms with E-state index in [9.17, 15) is 9.59 Å². The molecule has 31 heavy (non-hydrogen) atoms. The summed E-state index contributed by atoms with van der Waals surface area (Å²) in [5, 5.41) is 0. The highest BCUT2D eigenvalue weighted by Crippen LogP contribution is 2.35. The molecule has 3 rings (SSSR count). The van der Waals surface area contributed by atoms with Crippen LogP contribution in [0.15, 0.2) is 69.9 Å². The number of Topliss-reactive ketones (excluding diaryl/α,β-unsaturated/α-hetero) is 2. The minimum Gasteiger partial charge on any atom is -0.289 e. The number of rotatable bonds is 2. The molecule has 2 nitrogen and oxygen atoms in total. The van der Waals surface area contributed by atoms with Gasteiger partial charge in [0.25, 0.3) is 0 Å². The Kier molecular flexibility index (Phi) is 6.12. The Labute approximate surface area is 190 Å². The first kappa shape index (κ1) is 23.1. The van der Waals surface area contributed by atoms with Crippen LogP contribution in [0.4, 0.5) is 0 Å². The van der Waals surface area contributed by atoms with E-state index < -0.39 is 0 Å². The Morgan fingerprint density at radius 1 is 0.645 bits per heavy atom. The van der Waals surface area contributed by atoms with Gasteiger partial charge in [0.05, 0.1) is 0 Å². The molecule has 1 aromatic rings. The molecule has 0 saturated carbocycles. The van der Waals surface area contributed by atoms with Crippen molar-refractivity contribution >= 4 is 35.1 Å². The van der Waals surface area contributed by atoms with E-state index in [2.05, 4.69) is 65.8 Å². The molecular weight excluding hydrogens is 400 g/mol. The van der Waals surface area contributed by atoms with Crippen molar-refractivity contribution in [3.63, 3.8) is 0 Å². The highest BCUT2D eigenvalue weighted by Gasteiger charge is 2.28. The molecule has 0 spiro atoms. The zero-order valence-electron chi connectivity index (χ0n) is 19.8. The van der Waals surface area contributed by atoms with Crippen LogP contribution >= 0.6 is 11.3 Å². The average molecular weight is 433 g/mol. The summed E-state index contributed by atoms with van der Waals surface area (Å²) in [4.78, 5) is 27.3. The minimum absolute atomic E-state index is 0.136. The van der Waals surface area contributed by atoms with Crippen LogP contribution in [0, 0.1) is 10.8 Å². The molecule has 0 radical (unpaired) electrons. The zero-order valence-corrected chi connectivity index (χ0v) is 20.7. The number of carbonyl (C=O) groups excluding carboxylic acids is 2. The largest absolute Gasteiger partial charge is 0.289 e. The van der Waals surface area contributed by atoms with Crippen molar-refractivity contribution in [2.45, 2.75) is 55.4 Å². The van der Waals surface area contributed by atoms with Gasteiger partial charge in [-0.25, -0.2) is 0 Å². The summed E-state index contributed by atoms with van der Waals surface area (Å²) >= 11 is 1.70. The summed E-state index contributed by atoms with van der Waals surface area (Å²) in [5.41, 5.74) is 5.01. The fourth-order valence-corrected chi connectivity index (χ4v) is 4.67. The van der Waals surface area contributed by atoms with Gasteiger partial charge < -0.3 is 0 Å². The predicted octanol–water partition coefficient (Wildman–Crippen LogP) is 7.52. The summed E-state index contributed by atoms with van der Waals surface area (Å²) in [6.07, 6.45) is 12.2. The maximum absolute atomic E-state index is 12.5. The van der Waals surface area contributed by atoms with E-state index in [1.54, 1.807) is 11.3 Å². The molecule has 0 N–H and O–H groups in total. The van der Waals surface area contributed by atoms with E-state index in [1.807, 2.05) is 38.2 Å². The van der Waals surface area contributed by atoms with Crippen molar-refractivity contribution in [3.8, 4) is 0 Å². The highest BCUT2D eigenvalue weighted by molar-refractivity contribution is 7.13. The summed E-state index contributed by atoms with van der Waals surface area (Å²) in [5.74, 6) is 0.272. The Balaban J connectivity index is 1.94. The molecule has 0 unspecified atom stereocenters. The topological polar surface area (TPSA) is 34.1 Å². The van der Waals surface area contributed by atoms with Gasteiger partial charge in [-0.3, -0.25) is 9.59 Å². The number of hydrogen-bond acceptors (Lipinski definition) is 3. The van der Waals surface area contributed by atoms with Crippen LogP contribution in [0.3, 0.4) is 0 Å².